The van der Waals surface area contributed by atoms with Gasteiger partial charge in [-0.1, -0.05) is 0 Å². The molecule has 0 spiro atoms. The van der Waals surface area contributed by atoms with Crippen LogP contribution in [0.5, 0.6) is 17.2 Å². The number of rotatable bonds is 5. The van der Waals surface area contributed by atoms with E-state index in [1.165, 1.54) is 7.11 Å². The molecule has 0 aliphatic heterocycles. The molecule has 2 rings (SSSR count). The van der Waals surface area contributed by atoms with Crippen molar-refractivity contribution >= 4 is 27.5 Å². The highest BCUT2D eigenvalue weighted by Gasteiger charge is 2.17. The molecule has 2 aromatic carbocycles. The number of ether oxygens (including phenoxy) is 3. The molecule has 0 unspecified atom stereocenters. The summed E-state index contributed by atoms with van der Waals surface area (Å²) in [6, 6.07) is 10.4. The summed E-state index contributed by atoms with van der Waals surface area (Å²) in [6.07, 6.45) is 0. The van der Waals surface area contributed by atoms with Gasteiger partial charge in [0.25, 0.3) is 5.91 Å². The van der Waals surface area contributed by atoms with Gasteiger partial charge in [0.1, 0.15) is 17.2 Å². The molecular weight excluding hydrogens is 350 g/mol. The zero-order valence-electron chi connectivity index (χ0n) is 12.5. The van der Waals surface area contributed by atoms with Gasteiger partial charge in [0.2, 0.25) is 0 Å². The van der Waals surface area contributed by atoms with Crippen LogP contribution in [0, 0.1) is 0 Å². The van der Waals surface area contributed by atoms with Crippen LogP contribution in [0.3, 0.4) is 0 Å². The topological polar surface area (TPSA) is 56.8 Å². The van der Waals surface area contributed by atoms with E-state index in [1.54, 1.807) is 50.6 Å². The number of carbonyl (C=O) groups is 1. The van der Waals surface area contributed by atoms with Gasteiger partial charge in [-0.2, -0.15) is 0 Å². The average Bonchev–Trinajstić information content (AvgIpc) is 2.54. The van der Waals surface area contributed by atoms with Gasteiger partial charge in [0, 0.05) is 5.69 Å². The first kappa shape index (κ1) is 16.2. The quantitative estimate of drug-likeness (QED) is 0.876. The van der Waals surface area contributed by atoms with Crippen LogP contribution in [0.4, 0.5) is 5.69 Å². The zero-order valence-corrected chi connectivity index (χ0v) is 14.1. The van der Waals surface area contributed by atoms with E-state index >= 15 is 0 Å². The normalized spacial score (nSPS) is 10.0. The molecule has 0 fully saturated rings. The highest BCUT2D eigenvalue weighted by Crippen LogP contribution is 2.34. The molecule has 1 amide bonds. The number of methoxy groups -OCH3 is 3. The number of hydrogen-bond donors (Lipinski definition) is 1. The Morgan fingerprint density at radius 2 is 1.59 bits per heavy atom. The minimum Gasteiger partial charge on any atom is -0.497 e. The summed E-state index contributed by atoms with van der Waals surface area (Å²) in [5.41, 5.74) is 1.04. The van der Waals surface area contributed by atoms with Crippen LogP contribution in [-0.4, -0.2) is 27.2 Å². The number of anilines is 1. The van der Waals surface area contributed by atoms with Crippen LogP contribution in [0.25, 0.3) is 0 Å². The monoisotopic (exact) mass is 365 g/mol. The van der Waals surface area contributed by atoms with Crippen molar-refractivity contribution in [2.45, 2.75) is 0 Å². The Hall–Kier alpha value is -2.21. The van der Waals surface area contributed by atoms with Crippen molar-refractivity contribution in [1.82, 2.24) is 0 Å². The van der Waals surface area contributed by atoms with E-state index in [-0.39, 0.29) is 5.91 Å². The predicted molar refractivity (Wildman–Crippen MR) is 88.2 cm³/mol. The lowest BCUT2D eigenvalue weighted by molar-refractivity contribution is 0.102. The Balaban J connectivity index is 2.29. The van der Waals surface area contributed by atoms with Gasteiger partial charge < -0.3 is 19.5 Å². The Morgan fingerprint density at radius 1 is 0.955 bits per heavy atom. The molecule has 5 nitrogen and oxygen atoms in total. The zero-order chi connectivity index (χ0) is 16.1. The number of carbonyl (C=O) groups excluding carboxylic acids is 1. The van der Waals surface area contributed by atoms with Crippen molar-refractivity contribution in [3.8, 4) is 17.2 Å². The van der Waals surface area contributed by atoms with Crippen molar-refractivity contribution in [3.05, 3.63) is 46.4 Å². The van der Waals surface area contributed by atoms with E-state index in [1.807, 2.05) is 0 Å². The highest BCUT2D eigenvalue weighted by molar-refractivity contribution is 9.10. The summed E-state index contributed by atoms with van der Waals surface area (Å²) in [6.45, 7) is 0. The first-order valence-corrected chi connectivity index (χ1v) is 7.25. The van der Waals surface area contributed by atoms with Crippen molar-refractivity contribution in [1.29, 1.82) is 0 Å². The molecule has 0 aliphatic carbocycles. The Labute approximate surface area is 137 Å². The van der Waals surface area contributed by atoms with E-state index in [0.29, 0.717) is 27.2 Å². The molecule has 0 aromatic heterocycles. The smallest absolute Gasteiger partial charge is 0.259 e. The van der Waals surface area contributed by atoms with E-state index in [4.69, 9.17) is 14.2 Å². The highest BCUT2D eigenvalue weighted by atomic mass is 79.9. The molecule has 6 heteroatoms. The molecule has 0 saturated carbocycles. The summed E-state index contributed by atoms with van der Waals surface area (Å²) < 4.78 is 16.2. The number of amides is 1. The molecule has 2 aromatic rings. The van der Waals surface area contributed by atoms with Crippen molar-refractivity contribution in [3.63, 3.8) is 0 Å². The molecule has 22 heavy (non-hydrogen) atoms. The SMILES string of the molecule is COc1ccc(NC(=O)c2cc(OC)cc(Br)c2OC)cc1. The van der Waals surface area contributed by atoms with Crippen molar-refractivity contribution < 1.29 is 19.0 Å². The molecule has 116 valence electrons. The fourth-order valence-electron chi connectivity index (χ4n) is 1.94. The van der Waals surface area contributed by atoms with Gasteiger partial charge >= 0.3 is 0 Å². The fourth-order valence-corrected chi connectivity index (χ4v) is 2.54. The van der Waals surface area contributed by atoms with Crippen LogP contribution in [0.2, 0.25) is 0 Å². The third-order valence-corrected chi connectivity index (χ3v) is 3.64. The Kier molecular flexibility index (Phi) is 5.27. The van der Waals surface area contributed by atoms with Crippen LogP contribution in [0.1, 0.15) is 10.4 Å². The molecule has 0 radical (unpaired) electrons. The minimum absolute atomic E-state index is 0.290. The second-order valence-electron chi connectivity index (χ2n) is 4.37. The van der Waals surface area contributed by atoms with Gasteiger partial charge in [0.15, 0.2) is 0 Å². The van der Waals surface area contributed by atoms with Crippen molar-refractivity contribution in [2.75, 3.05) is 26.6 Å². The van der Waals surface area contributed by atoms with E-state index < -0.39 is 0 Å². The standard InChI is InChI=1S/C16H16BrNO4/c1-20-11-6-4-10(5-7-11)18-16(19)13-8-12(21-2)9-14(17)15(13)22-3/h4-9H,1-3H3,(H,18,19). The van der Waals surface area contributed by atoms with Gasteiger partial charge in [0.05, 0.1) is 31.4 Å². The summed E-state index contributed by atoms with van der Waals surface area (Å²) in [4.78, 5) is 12.5. The second kappa shape index (κ2) is 7.17. The minimum atomic E-state index is -0.290. The first-order chi connectivity index (χ1) is 10.6. The van der Waals surface area contributed by atoms with Crippen LogP contribution in [-0.2, 0) is 0 Å². The lowest BCUT2D eigenvalue weighted by Crippen LogP contribution is -2.13. The molecule has 1 N–H and O–H groups in total. The van der Waals surface area contributed by atoms with E-state index in [9.17, 15) is 4.79 Å². The van der Waals surface area contributed by atoms with Gasteiger partial charge in [-0.3, -0.25) is 4.79 Å². The lowest BCUT2D eigenvalue weighted by atomic mass is 10.1. The summed E-state index contributed by atoms with van der Waals surface area (Å²) in [5, 5.41) is 2.81. The molecule has 0 heterocycles. The van der Waals surface area contributed by atoms with Gasteiger partial charge in [-0.15, -0.1) is 0 Å². The first-order valence-electron chi connectivity index (χ1n) is 6.46. The van der Waals surface area contributed by atoms with E-state index in [2.05, 4.69) is 21.2 Å². The molecular formula is C16H16BrNO4. The molecule has 0 aliphatic rings. The maximum absolute atomic E-state index is 12.5. The van der Waals surface area contributed by atoms with Crippen LogP contribution < -0.4 is 19.5 Å². The van der Waals surface area contributed by atoms with Crippen molar-refractivity contribution in [2.24, 2.45) is 0 Å². The largest absolute Gasteiger partial charge is 0.497 e. The summed E-state index contributed by atoms with van der Waals surface area (Å²) in [5.74, 6) is 1.45. The average molecular weight is 366 g/mol. The van der Waals surface area contributed by atoms with Gasteiger partial charge in [-0.05, 0) is 52.3 Å². The predicted octanol–water partition coefficient (Wildman–Crippen LogP) is 3.73. The second-order valence-corrected chi connectivity index (χ2v) is 5.23. The third-order valence-electron chi connectivity index (χ3n) is 3.05. The number of nitrogens with one attached hydrogen (secondary N) is 1. The molecule has 0 atom stereocenters. The summed E-state index contributed by atoms with van der Waals surface area (Å²) in [7, 11) is 4.64. The number of halogens is 1. The maximum atomic E-state index is 12.5. The lowest BCUT2D eigenvalue weighted by Gasteiger charge is -2.13. The number of benzene rings is 2. The summed E-state index contributed by atoms with van der Waals surface area (Å²) >= 11 is 3.37. The molecule has 0 saturated heterocycles. The van der Waals surface area contributed by atoms with Gasteiger partial charge in [-0.25, -0.2) is 0 Å². The Bertz CT molecular complexity index is 671. The van der Waals surface area contributed by atoms with Crippen LogP contribution in [0.15, 0.2) is 40.9 Å². The van der Waals surface area contributed by atoms with E-state index in [0.717, 1.165) is 5.75 Å². The Morgan fingerprint density at radius 3 is 2.14 bits per heavy atom. The maximum Gasteiger partial charge on any atom is 0.259 e. The van der Waals surface area contributed by atoms with Crippen LogP contribution >= 0.6 is 15.9 Å². The molecule has 0 bridgehead atoms. The fraction of sp³-hybridized carbons (Fsp3) is 0.188. The number of hydrogen-bond acceptors (Lipinski definition) is 4. The third kappa shape index (κ3) is 3.51.